The predicted octanol–water partition coefficient (Wildman–Crippen LogP) is 7.79. The zero-order valence-electron chi connectivity index (χ0n) is 24.3. The summed E-state index contributed by atoms with van der Waals surface area (Å²) < 4.78 is 14.2. The van der Waals surface area contributed by atoms with Crippen LogP contribution in [0.1, 0.15) is 58.2 Å². The topological polar surface area (TPSA) is 37.6 Å². The third-order valence-electron chi connectivity index (χ3n) is 5.84. The zero-order chi connectivity index (χ0) is 26.8. The van der Waals surface area contributed by atoms with Gasteiger partial charge in [0.2, 0.25) is 0 Å². The van der Waals surface area contributed by atoms with Crippen molar-refractivity contribution in [3.63, 3.8) is 0 Å². The van der Waals surface area contributed by atoms with E-state index < -0.39 is 38.3 Å². The molecular weight excluding hydrogens is 571 g/mol. The molecule has 0 atom stereocenters. The summed E-state index contributed by atoms with van der Waals surface area (Å²) >= 11 is -1.29. The van der Waals surface area contributed by atoms with E-state index >= 15 is 0 Å². The van der Waals surface area contributed by atoms with E-state index in [9.17, 15) is 0 Å². The maximum absolute atomic E-state index is 6.97. The van der Waals surface area contributed by atoms with Gasteiger partial charge in [0.15, 0.2) is 0 Å². The van der Waals surface area contributed by atoms with Crippen LogP contribution in [0, 0.1) is 0 Å². The van der Waals surface area contributed by atoms with E-state index in [0.29, 0.717) is 0 Å². The summed E-state index contributed by atoms with van der Waals surface area (Å²) in [6, 6.07) is 12.7. The summed E-state index contributed by atoms with van der Waals surface area (Å²) in [6.07, 6.45) is 2.00. The Morgan fingerprint density at radius 1 is 0.886 bits per heavy atom. The Bertz CT molecular complexity index is 1030. The van der Waals surface area contributed by atoms with Crippen molar-refractivity contribution in [3.8, 4) is 11.5 Å². The molecule has 0 bridgehead atoms. The Balaban J connectivity index is 2.70. The first-order valence-electron chi connectivity index (χ1n) is 12.5. The molecule has 0 saturated carbocycles. The maximum atomic E-state index is 6.97. The number of ether oxygens (including phenoxy) is 1. The third-order valence-corrected chi connectivity index (χ3v) is 26.6. The average Bonchev–Trinajstić information content (AvgIpc) is 2.69. The number of rotatable bonds is 8. The Labute approximate surface area is 227 Å². The molecule has 0 fully saturated rings. The molecule has 7 heteroatoms. The van der Waals surface area contributed by atoms with Gasteiger partial charge in [-0.1, -0.05) is 0 Å². The number of para-hydroxylation sites is 2. The van der Waals surface area contributed by atoms with Crippen molar-refractivity contribution in [2.45, 2.75) is 91.7 Å². The number of benzene rings is 2. The van der Waals surface area contributed by atoms with Gasteiger partial charge >= 0.3 is 229 Å². The third kappa shape index (κ3) is 8.20. The minimum absolute atomic E-state index is 0.0282. The molecule has 2 aromatic rings. The van der Waals surface area contributed by atoms with Crippen LogP contribution in [0.3, 0.4) is 0 Å². The number of aliphatic imine (C=N–C) groups is 1. The van der Waals surface area contributed by atoms with Crippen molar-refractivity contribution >= 4 is 50.2 Å². The molecule has 1 N–H and O–H groups in total. The minimum atomic E-state index is -1.48. The summed E-state index contributed by atoms with van der Waals surface area (Å²) in [5.74, 6) is 1.92. The number of nitrogens with zero attached hydrogens (tertiary/aromatic N) is 2. The van der Waals surface area contributed by atoms with Crippen LogP contribution < -0.4 is 3.07 Å². The van der Waals surface area contributed by atoms with Gasteiger partial charge in [-0.15, -0.1) is 0 Å². The standard InChI is InChI=1S/C22H29NO2.C6H18NSi2.Sn/c1-21(2,3)16-12-15(20(24)17(13-16)22(4,5)6)14-23-18-10-8-9-11-19(18)25-7;1-8(2,3)7-9(4,5)6;/h8-14,24H,1-7H3;1-6H3;/q;-1;+2. The van der Waals surface area contributed by atoms with Gasteiger partial charge in [0.05, 0.1) is 0 Å². The van der Waals surface area contributed by atoms with Crippen LogP contribution in [-0.2, 0) is 10.8 Å². The van der Waals surface area contributed by atoms with Crippen LogP contribution in [0.2, 0.25) is 39.3 Å². The molecular formula is C28H47N2O2Si2Sn+. The second kappa shape index (κ2) is 11.1. The molecule has 0 spiro atoms. The van der Waals surface area contributed by atoms with Crippen LogP contribution in [-0.4, -0.2) is 58.8 Å². The number of aliphatic hydroxyl groups is 1. The van der Waals surface area contributed by atoms with Gasteiger partial charge in [-0.05, 0) is 0 Å². The quantitative estimate of drug-likeness (QED) is 0.172. The molecule has 0 heterocycles. The van der Waals surface area contributed by atoms with E-state index in [2.05, 4.69) is 100 Å². The second-order valence-corrected chi connectivity index (χ2v) is 28.2. The van der Waals surface area contributed by atoms with E-state index in [1.807, 2.05) is 37.6 Å². The van der Waals surface area contributed by atoms with E-state index in [1.165, 1.54) is 11.1 Å². The molecule has 0 aliphatic carbocycles. The summed E-state index contributed by atoms with van der Waals surface area (Å²) in [5, 5.41) is 0. The molecule has 4 nitrogen and oxygen atoms in total. The fraction of sp³-hybridized carbons (Fsp3) is 0.536. The molecule has 0 unspecified atom stereocenters. The first kappa shape index (κ1) is 30.1. The fourth-order valence-electron chi connectivity index (χ4n) is 4.12. The van der Waals surface area contributed by atoms with Crippen molar-refractivity contribution in [1.29, 1.82) is 0 Å². The number of aromatic hydroxyl groups is 1. The van der Waals surface area contributed by atoms with Crippen LogP contribution in [0.5, 0.6) is 11.5 Å². The molecule has 192 valence electrons. The second-order valence-electron chi connectivity index (χ2n) is 13.3. The summed E-state index contributed by atoms with van der Waals surface area (Å²) in [7, 11) is -1.15. The Hall–Kier alpha value is -1.10. The summed E-state index contributed by atoms with van der Waals surface area (Å²) in [4.78, 5) is 4.90. The van der Waals surface area contributed by atoms with Crippen molar-refractivity contribution in [3.05, 3.63) is 53.1 Å². The Morgan fingerprint density at radius 3 is 1.94 bits per heavy atom. The van der Waals surface area contributed by atoms with Crippen LogP contribution in [0.4, 0.5) is 5.69 Å². The Morgan fingerprint density at radius 2 is 1.46 bits per heavy atom. The first-order valence-corrected chi connectivity index (χ1v) is 21.8. The van der Waals surface area contributed by atoms with E-state index in [0.717, 1.165) is 22.7 Å². The van der Waals surface area contributed by atoms with Gasteiger partial charge in [0, 0.05) is 0 Å². The van der Waals surface area contributed by atoms with Crippen LogP contribution >= 0.6 is 0 Å². The molecule has 0 saturated heterocycles. The van der Waals surface area contributed by atoms with Crippen LogP contribution in [0.25, 0.3) is 0 Å². The van der Waals surface area contributed by atoms with Gasteiger partial charge in [0.25, 0.3) is 0 Å². The van der Waals surface area contributed by atoms with Gasteiger partial charge in [-0.25, -0.2) is 0 Å². The number of hydrogen-bond donors (Lipinski definition) is 0. The van der Waals surface area contributed by atoms with Crippen molar-refractivity contribution in [1.82, 2.24) is 2.45 Å². The van der Waals surface area contributed by atoms with Gasteiger partial charge < -0.3 is 0 Å². The molecule has 0 aromatic heterocycles. The van der Waals surface area contributed by atoms with Crippen molar-refractivity contribution < 1.29 is 7.81 Å². The summed E-state index contributed by atoms with van der Waals surface area (Å²) in [5.41, 5.74) is 4.51. The van der Waals surface area contributed by atoms with E-state index in [1.54, 1.807) is 0 Å². The van der Waals surface area contributed by atoms with Crippen molar-refractivity contribution in [2.24, 2.45) is 4.99 Å². The SMILES string of the molecule is C[OH+]c1ccccc1N=Cc1cc(C(C)(C)C)cc(C(C)(C)C)c1[O][Sn][N]([Si](C)(C)C)[Si](C)(C)C. The predicted molar refractivity (Wildman–Crippen MR) is 160 cm³/mol. The van der Waals surface area contributed by atoms with Gasteiger partial charge in [0.1, 0.15) is 0 Å². The van der Waals surface area contributed by atoms with Gasteiger partial charge in [-0.2, -0.15) is 0 Å². The molecule has 0 amide bonds. The fourth-order valence-corrected chi connectivity index (χ4v) is 19.2. The molecule has 35 heavy (non-hydrogen) atoms. The zero-order valence-corrected chi connectivity index (χ0v) is 29.1. The van der Waals surface area contributed by atoms with E-state index in [-0.39, 0.29) is 10.8 Å². The van der Waals surface area contributed by atoms with Crippen LogP contribution in [0.15, 0.2) is 41.4 Å². The van der Waals surface area contributed by atoms with Gasteiger partial charge in [-0.3, -0.25) is 0 Å². The van der Waals surface area contributed by atoms with E-state index in [4.69, 9.17) is 8.07 Å². The first-order chi connectivity index (χ1) is 15.9. The molecule has 2 aromatic carbocycles. The summed E-state index contributed by atoms with van der Waals surface area (Å²) in [6.45, 7) is 28.4. The average molecular weight is 619 g/mol. The monoisotopic (exact) mass is 619 g/mol. The normalized spacial score (nSPS) is 13.5. The molecule has 0 aliphatic heterocycles. The molecule has 0 aliphatic rings. The Kier molecular flexibility index (Phi) is 9.56. The molecule has 2 radical (unpaired) electrons. The molecule has 2 rings (SSSR count). The number of hydrogen-bond acceptors (Lipinski definition) is 3. The van der Waals surface area contributed by atoms with Crippen molar-refractivity contribution in [2.75, 3.05) is 7.11 Å².